The molecule has 0 aromatic carbocycles. The largest absolute Gasteiger partial charge is 0.508 e. The molecule has 3 heterocycles. The third-order valence-corrected chi connectivity index (χ3v) is 17.7. The molecule has 2 aromatic heterocycles. The molecule has 1 aliphatic heterocycles. The van der Waals surface area contributed by atoms with Crippen molar-refractivity contribution in [3.8, 4) is 0 Å². The minimum atomic E-state index is -2.13. The molecule has 0 amide bonds. The third-order valence-electron chi connectivity index (χ3n) is 2.45. The summed E-state index contributed by atoms with van der Waals surface area (Å²) in [6.45, 7) is 7.76. The van der Waals surface area contributed by atoms with Gasteiger partial charge in [0.15, 0.2) is 14.9 Å². The molecule has 2 aromatic rings. The molecule has 0 saturated heterocycles. The van der Waals surface area contributed by atoms with Gasteiger partial charge in [-0.2, -0.15) is 18.7 Å². The van der Waals surface area contributed by atoms with Gasteiger partial charge in [0.25, 0.3) is 0 Å². The predicted molar refractivity (Wildman–Crippen MR) is 132 cm³/mol. The molecule has 3 rings (SSSR count). The van der Waals surface area contributed by atoms with Crippen LogP contribution in [0.3, 0.4) is 0 Å². The molecule has 0 spiro atoms. The van der Waals surface area contributed by atoms with Gasteiger partial charge in [0.05, 0.1) is 7.21 Å². The van der Waals surface area contributed by atoms with E-state index in [1.165, 1.54) is 0 Å². The van der Waals surface area contributed by atoms with Crippen molar-refractivity contribution in [2.45, 2.75) is 0 Å². The van der Waals surface area contributed by atoms with Crippen molar-refractivity contribution in [3.63, 3.8) is 0 Å². The molecule has 0 saturated carbocycles. The molecular weight excluding hydrogens is 1100 g/mol. The Kier molecular flexibility index (Phi) is 16.5. The Bertz CT molecular complexity index is 906. The Morgan fingerprint density at radius 3 is 1.22 bits per heavy atom. The van der Waals surface area contributed by atoms with E-state index < -0.39 is 38.2 Å². The Morgan fingerprint density at radius 2 is 0.938 bits per heavy atom. The Balaban J connectivity index is 0. The van der Waals surface area contributed by atoms with Crippen molar-refractivity contribution in [2.75, 3.05) is 26.7 Å². The van der Waals surface area contributed by atoms with Gasteiger partial charge in [0.2, 0.25) is 0 Å². The number of rotatable bonds is 4. The molecule has 0 radical (unpaired) electrons. The van der Waals surface area contributed by atoms with Gasteiger partial charge in [0.1, 0.15) is 0 Å². The molecule has 24 heteroatoms. The Labute approximate surface area is 186 Å². The molecule has 0 bridgehead atoms. The van der Waals surface area contributed by atoms with E-state index in [1.54, 1.807) is 0 Å². The maximum absolute atomic E-state index is 5.13. The van der Waals surface area contributed by atoms with Crippen LogP contribution < -0.4 is 9.05 Å². The van der Waals surface area contributed by atoms with Crippen LogP contribution in [0.25, 0.3) is 0 Å². The van der Waals surface area contributed by atoms with Crippen molar-refractivity contribution in [1.82, 2.24) is 27.1 Å². The average Bonchev–Trinajstić information content (AvgIpc) is 2.74. The van der Waals surface area contributed by atoms with E-state index in [0.29, 0.717) is 34.0 Å². The van der Waals surface area contributed by atoms with E-state index in [9.17, 15) is 0 Å². The van der Waals surface area contributed by atoms with E-state index in [2.05, 4.69) is 78.1 Å². The second-order valence-electron chi connectivity index (χ2n) is 5.19. The first kappa shape index (κ1) is 33.3. The first-order chi connectivity index (χ1) is 14.1. The summed E-state index contributed by atoms with van der Waals surface area (Å²) in [5, 5.41) is 0. The van der Waals surface area contributed by atoms with Gasteiger partial charge in [-0.25, -0.2) is 23.3 Å². The van der Waals surface area contributed by atoms with Crippen LogP contribution in [0.2, 0.25) is 0 Å². The molecule has 172 valence electrons. The van der Waals surface area contributed by atoms with Crippen LogP contribution in [0.15, 0.2) is 13.5 Å². The van der Waals surface area contributed by atoms with Crippen molar-refractivity contribution in [2.24, 2.45) is 13.5 Å². The van der Waals surface area contributed by atoms with E-state index in [1.807, 2.05) is 26.7 Å². The van der Waals surface area contributed by atoms with Crippen molar-refractivity contribution < 1.29 is 18.1 Å². The maximum atomic E-state index is 5.13. The minimum absolute atomic E-state index is 0. The van der Waals surface area contributed by atoms with E-state index >= 15 is 0 Å². The normalized spacial score (nSPS) is 24.5. The molecule has 2 unspecified atom stereocenters. The predicted octanol–water partition coefficient (Wildman–Crippen LogP) is 7.35. The zero-order chi connectivity index (χ0) is 22.7. The fourth-order valence-electron chi connectivity index (χ4n) is 1.66. The summed E-state index contributed by atoms with van der Waals surface area (Å²) in [5.74, 6) is 0. The Morgan fingerprint density at radius 1 is 0.594 bits per heavy atom. The fourth-order valence-corrected chi connectivity index (χ4v) is 17.8. The first-order valence-electron chi connectivity index (χ1n) is 7.27. The van der Waals surface area contributed by atoms with Gasteiger partial charge >= 0.3 is 50.2 Å². The molecule has 0 aliphatic carbocycles. The van der Waals surface area contributed by atoms with Crippen LogP contribution in [0, 0.1) is 28.4 Å². The average molecular weight is 1120 g/mol. The van der Waals surface area contributed by atoms with Crippen LogP contribution >= 0.6 is 72.3 Å². The number of hydrogen-bond acceptors (Lipinski definition) is 13. The van der Waals surface area contributed by atoms with E-state index in [-0.39, 0.29) is 0 Å². The SMILES string of the molecule is [CH2-]OP1(C)=NP(C)(C)=NP(C)(O[CH2-])=N1.[CH2-]O[p+]1npnpn1.[CH2-]O[p+]1npnpn1.[Rf].[Rf]. The zero-order valence-electron chi connectivity index (χ0n) is 17.9. The van der Waals surface area contributed by atoms with Crippen molar-refractivity contribution in [1.29, 1.82) is 0 Å². The molecule has 32 heavy (non-hydrogen) atoms. The van der Waals surface area contributed by atoms with Gasteiger partial charge in [-0.1, -0.05) is 0 Å². The number of nitrogens with zero attached hydrogens (tertiary/aromatic N) is 9. The summed E-state index contributed by atoms with van der Waals surface area (Å²) in [6.07, 6.45) is 0. The molecule has 0 N–H and O–H groups in total. The Hall–Kier alpha value is -0.870. The van der Waals surface area contributed by atoms with Crippen LogP contribution in [-0.4, -0.2) is 53.7 Å². The second-order valence-corrected chi connectivity index (χ2v) is 20.4. The summed E-state index contributed by atoms with van der Waals surface area (Å²) in [4.78, 5) is 0. The fraction of sp³-hybridized carbons (Fsp3) is 0.500. The van der Waals surface area contributed by atoms with Gasteiger partial charge in [-0.05, 0) is 40.4 Å². The number of hydrogen-bond donors (Lipinski definition) is 0. The second kappa shape index (κ2) is 15.9. The molecular formula is C8H20N9O4P9Rf2-2. The van der Waals surface area contributed by atoms with E-state index in [4.69, 9.17) is 9.05 Å². The van der Waals surface area contributed by atoms with Gasteiger partial charge < -0.3 is 18.1 Å². The monoisotopic (exact) mass is 1120 g/mol. The quantitative estimate of drug-likeness (QED) is 0.225. The first-order valence-corrected chi connectivity index (χ1v) is 19.5. The van der Waals surface area contributed by atoms with E-state index in [0.717, 1.165) is 0 Å². The topological polar surface area (TPSA) is 151 Å². The van der Waals surface area contributed by atoms with Crippen LogP contribution in [0.4, 0.5) is 0 Å². The van der Waals surface area contributed by atoms with Crippen LogP contribution in [0.5, 0.6) is 0 Å². The maximum Gasteiger partial charge on any atom is 0.348 e. The van der Waals surface area contributed by atoms with Gasteiger partial charge in [0, 0.05) is 13.3 Å². The van der Waals surface area contributed by atoms with Crippen LogP contribution in [-0.2, 0) is 9.05 Å². The molecule has 2 atom stereocenters. The molecule has 0 fully saturated rings. The summed E-state index contributed by atoms with van der Waals surface area (Å²) >= 11 is 0. The van der Waals surface area contributed by atoms with Gasteiger partial charge in [-0.15, -0.1) is 0 Å². The summed E-state index contributed by atoms with van der Waals surface area (Å²) in [7, 11) is 8.28. The van der Waals surface area contributed by atoms with Gasteiger partial charge in [-0.3, -0.25) is 0 Å². The third kappa shape index (κ3) is 12.4. The number of aromatic nitrogens is 6. The van der Waals surface area contributed by atoms with Crippen molar-refractivity contribution >= 4 is 72.3 Å². The summed E-state index contributed by atoms with van der Waals surface area (Å²) in [6, 6.07) is 0. The summed E-state index contributed by atoms with van der Waals surface area (Å²) < 4.78 is 56.0. The van der Waals surface area contributed by atoms with Crippen molar-refractivity contribution in [3.05, 3.63) is 28.4 Å². The summed E-state index contributed by atoms with van der Waals surface area (Å²) in [5.41, 5.74) is 0. The smallest absolute Gasteiger partial charge is 0.348 e. The molecule has 1 aliphatic rings. The van der Waals surface area contributed by atoms with Crippen LogP contribution in [0.1, 0.15) is 0 Å². The molecule has 13 nitrogen and oxygen atoms in total. The standard InChI is InChI=1S/C6H16N3O2P3.2CH2N3OP3.2Rf/c1-10-13(5)7-12(3,4)8-14(6,9-13)11-2;2*1-5-8-3-6-2-7-4-8;;/h1-2H2,3-6H3;2*1H2;;/q-2;;;;. The minimum Gasteiger partial charge on any atom is -0.508 e. The zero-order valence-corrected chi connectivity index (χ0v) is 38.8.